The highest BCUT2D eigenvalue weighted by atomic mass is 16.1. The van der Waals surface area contributed by atoms with Crippen molar-refractivity contribution in [1.82, 2.24) is 4.90 Å². The molecule has 2 rings (SSSR count). The van der Waals surface area contributed by atoms with E-state index in [9.17, 15) is 9.59 Å². The van der Waals surface area contributed by atoms with Crippen LogP contribution in [0.2, 0.25) is 0 Å². The summed E-state index contributed by atoms with van der Waals surface area (Å²) in [7, 11) is 3.90. The Morgan fingerprint density at radius 2 is 1.39 bits per heavy atom. The van der Waals surface area contributed by atoms with Crippen LogP contribution in [-0.2, 0) is 0 Å². The van der Waals surface area contributed by atoms with Crippen LogP contribution in [-0.4, -0.2) is 37.1 Å². The van der Waals surface area contributed by atoms with Crippen LogP contribution in [0.4, 0.5) is 0 Å². The summed E-state index contributed by atoms with van der Waals surface area (Å²) >= 11 is 0. The van der Waals surface area contributed by atoms with Crippen LogP contribution in [0.5, 0.6) is 0 Å². The quantitative estimate of drug-likeness (QED) is 0.698. The molecule has 120 valence electrons. The second-order valence-corrected chi connectivity index (χ2v) is 6.02. The van der Waals surface area contributed by atoms with Gasteiger partial charge in [-0.2, -0.15) is 0 Å². The van der Waals surface area contributed by atoms with Gasteiger partial charge in [-0.15, -0.1) is 0 Å². The molecule has 0 N–H and O–H groups in total. The Bertz CT molecular complexity index is 635. The molecule has 0 aliphatic heterocycles. The number of nitrogens with zero attached hydrogens (tertiary/aromatic N) is 1. The Balaban J connectivity index is 2.04. The zero-order valence-electron chi connectivity index (χ0n) is 13.7. The smallest absolute Gasteiger partial charge is 0.167 e. The maximum Gasteiger partial charge on any atom is 0.167 e. The van der Waals surface area contributed by atoms with E-state index >= 15 is 0 Å². The summed E-state index contributed by atoms with van der Waals surface area (Å²) in [6.07, 6.45) is 0.959. The van der Waals surface area contributed by atoms with E-state index in [0.29, 0.717) is 30.5 Å². The number of hydrogen-bond donors (Lipinski definition) is 0. The molecule has 1 unspecified atom stereocenters. The van der Waals surface area contributed by atoms with Gasteiger partial charge in [0.2, 0.25) is 0 Å². The predicted octanol–water partition coefficient (Wildman–Crippen LogP) is 3.71. The van der Waals surface area contributed by atoms with Crippen LogP contribution in [0.1, 0.15) is 33.6 Å². The van der Waals surface area contributed by atoms with Crippen molar-refractivity contribution < 1.29 is 9.59 Å². The fourth-order valence-corrected chi connectivity index (χ4v) is 2.66. The van der Waals surface area contributed by atoms with Crippen molar-refractivity contribution in [2.75, 3.05) is 20.6 Å². The van der Waals surface area contributed by atoms with Crippen LogP contribution in [0, 0.1) is 5.92 Å². The van der Waals surface area contributed by atoms with E-state index in [2.05, 4.69) is 0 Å². The standard InChI is InChI=1S/C20H23NO2/c1-21(2)15-18(20(23)17-11-7-4-8-12-17)13-14-19(22)16-9-5-3-6-10-16/h3-12,18H,13-15H2,1-2H3. The Hall–Kier alpha value is -2.26. The van der Waals surface area contributed by atoms with E-state index in [0.717, 1.165) is 0 Å². The van der Waals surface area contributed by atoms with Gasteiger partial charge in [0.1, 0.15) is 0 Å². The molecule has 0 saturated carbocycles. The SMILES string of the molecule is CN(C)CC(CCC(=O)c1ccccc1)C(=O)c1ccccc1. The molecule has 3 nitrogen and oxygen atoms in total. The van der Waals surface area contributed by atoms with Gasteiger partial charge < -0.3 is 4.90 Å². The molecule has 0 heterocycles. The minimum Gasteiger partial charge on any atom is -0.309 e. The molecule has 1 atom stereocenters. The third-order valence-corrected chi connectivity index (χ3v) is 3.83. The summed E-state index contributed by atoms with van der Waals surface area (Å²) in [5.74, 6) is 0.0374. The maximum absolute atomic E-state index is 12.7. The van der Waals surface area contributed by atoms with Gasteiger partial charge in [-0.05, 0) is 20.5 Å². The lowest BCUT2D eigenvalue weighted by atomic mass is 9.91. The van der Waals surface area contributed by atoms with E-state index in [4.69, 9.17) is 0 Å². The summed E-state index contributed by atoms with van der Waals surface area (Å²) in [4.78, 5) is 27.0. The number of carbonyl (C=O) groups is 2. The number of rotatable bonds is 8. The molecule has 0 radical (unpaired) electrons. The molecule has 3 heteroatoms. The van der Waals surface area contributed by atoms with E-state index in [1.807, 2.05) is 79.7 Å². The van der Waals surface area contributed by atoms with E-state index in [1.54, 1.807) is 0 Å². The average molecular weight is 309 g/mol. The van der Waals surface area contributed by atoms with E-state index in [-0.39, 0.29) is 17.5 Å². The normalized spacial score (nSPS) is 12.1. The van der Waals surface area contributed by atoms with Crippen LogP contribution in [0.25, 0.3) is 0 Å². The molecule has 0 fully saturated rings. The van der Waals surface area contributed by atoms with Gasteiger partial charge in [-0.3, -0.25) is 9.59 Å². The third-order valence-electron chi connectivity index (χ3n) is 3.83. The van der Waals surface area contributed by atoms with Crippen molar-refractivity contribution in [2.45, 2.75) is 12.8 Å². The molecule has 0 aromatic heterocycles. The van der Waals surface area contributed by atoms with Crippen molar-refractivity contribution in [3.63, 3.8) is 0 Å². The monoisotopic (exact) mass is 309 g/mol. The summed E-state index contributed by atoms with van der Waals surface area (Å²) in [6, 6.07) is 18.6. The molecule has 0 aliphatic rings. The lowest BCUT2D eigenvalue weighted by Gasteiger charge is -2.20. The molecular weight excluding hydrogens is 286 g/mol. The van der Waals surface area contributed by atoms with E-state index < -0.39 is 0 Å². The van der Waals surface area contributed by atoms with Crippen molar-refractivity contribution in [3.05, 3.63) is 71.8 Å². The number of Topliss-reactive ketones (excluding diaryl/α,β-unsaturated/α-hetero) is 2. The molecule has 0 amide bonds. The van der Waals surface area contributed by atoms with Gasteiger partial charge in [0.15, 0.2) is 11.6 Å². The number of carbonyl (C=O) groups excluding carboxylic acids is 2. The lowest BCUT2D eigenvalue weighted by Crippen LogP contribution is -2.28. The molecule has 2 aromatic rings. The zero-order chi connectivity index (χ0) is 16.7. The predicted molar refractivity (Wildman–Crippen MR) is 92.8 cm³/mol. The molecule has 23 heavy (non-hydrogen) atoms. The van der Waals surface area contributed by atoms with Gasteiger partial charge in [0, 0.05) is 30.0 Å². The second-order valence-electron chi connectivity index (χ2n) is 6.02. The maximum atomic E-state index is 12.7. The fraction of sp³-hybridized carbons (Fsp3) is 0.300. The van der Waals surface area contributed by atoms with Crippen LogP contribution in [0.3, 0.4) is 0 Å². The summed E-state index contributed by atoms with van der Waals surface area (Å²) < 4.78 is 0. The van der Waals surface area contributed by atoms with Crippen molar-refractivity contribution >= 4 is 11.6 Å². The highest BCUT2D eigenvalue weighted by molar-refractivity contribution is 5.99. The van der Waals surface area contributed by atoms with Crippen molar-refractivity contribution in [3.8, 4) is 0 Å². The zero-order valence-corrected chi connectivity index (χ0v) is 13.7. The molecule has 0 aliphatic carbocycles. The topological polar surface area (TPSA) is 37.4 Å². The van der Waals surface area contributed by atoms with Crippen molar-refractivity contribution in [2.24, 2.45) is 5.92 Å². The molecule has 0 saturated heterocycles. The van der Waals surface area contributed by atoms with Gasteiger partial charge in [-0.1, -0.05) is 60.7 Å². The number of hydrogen-bond acceptors (Lipinski definition) is 3. The molecular formula is C20H23NO2. The summed E-state index contributed by atoms with van der Waals surface area (Å²) in [6.45, 7) is 0.649. The molecule has 2 aromatic carbocycles. The highest BCUT2D eigenvalue weighted by Crippen LogP contribution is 2.17. The summed E-state index contributed by atoms with van der Waals surface area (Å²) in [5, 5.41) is 0. The first-order valence-corrected chi connectivity index (χ1v) is 7.90. The minimum atomic E-state index is -0.167. The van der Waals surface area contributed by atoms with Gasteiger partial charge in [0.25, 0.3) is 0 Å². The molecule has 0 bridgehead atoms. The van der Waals surface area contributed by atoms with Crippen LogP contribution in [0.15, 0.2) is 60.7 Å². The Labute approximate surface area is 137 Å². The van der Waals surface area contributed by atoms with Gasteiger partial charge >= 0.3 is 0 Å². The molecule has 0 spiro atoms. The largest absolute Gasteiger partial charge is 0.309 e. The Morgan fingerprint density at radius 1 is 0.870 bits per heavy atom. The summed E-state index contributed by atoms with van der Waals surface area (Å²) in [5.41, 5.74) is 1.43. The first-order valence-electron chi connectivity index (χ1n) is 7.90. The lowest BCUT2D eigenvalue weighted by molar-refractivity contribution is 0.0873. The van der Waals surface area contributed by atoms with Crippen LogP contribution >= 0.6 is 0 Å². The fourth-order valence-electron chi connectivity index (χ4n) is 2.66. The number of ketones is 2. The van der Waals surface area contributed by atoms with E-state index in [1.165, 1.54) is 0 Å². The highest BCUT2D eigenvalue weighted by Gasteiger charge is 2.22. The van der Waals surface area contributed by atoms with Crippen molar-refractivity contribution in [1.29, 1.82) is 0 Å². The minimum absolute atomic E-state index is 0.0928. The first-order chi connectivity index (χ1) is 11.1. The van der Waals surface area contributed by atoms with Gasteiger partial charge in [0.05, 0.1) is 0 Å². The Morgan fingerprint density at radius 3 is 1.91 bits per heavy atom. The third kappa shape index (κ3) is 5.15. The average Bonchev–Trinajstić information content (AvgIpc) is 2.59. The second kappa shape index (κ2) is 8.39. The van der Waals surface area contributed by atoms with Gasteiger partial charge in [-0.25, -0.2) is 0 Å². The number of benzene rings is 2. The Kier molecular flexibility index (Phi) is 6.24. The van der Waals surface area contributed by atoms with Crippen LogP contribution < -0.4 is 0 Å². The first kappa shape index (κ1) is 17.1.